The first-order valence-corrected chi connectivity index (χ1v) is 4.26. The molecule has 15 heavy (non-hydrogen) atoms. The van der Waals surface area contributed by atoms with Crippen molar-refractivity contribution in [2.45, 2.75) is 13.5 Å². The maximum Gasteiger partial charge on any atom is 0.263 e. The van der Waals surface area contributed by atoms with E-state index >= 15 is 0 Å². The Bertz CT molecular complexity index is 487. The molecule has 0 unspecified atom stereocenters. The van der Waals surface area contributed by atoms with Gasteiger partial charge in [0.25, 0.3) is 5.89 Å². The zero-order valence-corrected chi connectivity index (χ0v) is 8.04. The predicted molar refractivity (Wildman–Crippen MR) is 50.0 cm³/mol. The summed E-state index contributed by atoms with van der Waals surface area (Å²) in [5.74, 6) is 0.719. The van der Waals surface area contributed by atoms with Crippen LogP contribution in [0.2, 0.25) is 0 Å². The fourth-order valence-corrected chi connectivity index (χ4v) is 1.07. The van der Waals surface area contributed by atoms with Gasteiger partial charge in [0.15, 0.2) is 5.82 Å². The summed E-state index contributed by atoms with van der Waals surface area (Å²) < 4.78 is 5.16. The van der Waals surface area contributed by atoms with Gasteiger partial charge in [0.05, 0.1) is 12.4 Å². The number of carbonyl (C=O) groups excluding carboxylic acids is 1. The number of aromatic nitrogens is 4. The molecular weight excluding hydrogens is 198 g/mol. The Labute approximate surface area is 84.9 Å². The number of nitrogen functional groups attached to an aromatic ring is 1. The highest BCUT2D eigenvalue weighted by Crippen LogP contribution is 2.05. The lowest BCUT2D eigenvalue weighted by Gasteiger charge is -1.93. The third kappa shape index (κ3) is 2.01. The normalized spacial score (nSPS) is 10.5. The molecule has 2 rings (SSSR count). The number of anilines is 1. The van der Waals surface area contributed by atoms with Gasteiger partial charge in [-0.2, -0.15) is 9.90 Å². The van der Waals surface area contributed by atoms with Crippen molar-refractivity contribution in [2.24, 2.45) is 0 Å². The predicted octanol–water partition coefficient (Wildman–Crippen LogP) is 0.0992. The van der Waals surface area contributed by atoms with Crippen LogP contribution < -0.4 is 5.73 Å². The van der Waals surface area contributed by atoms with E-state index in [1.54, 1.807) is 0 Å². The first-order chi connectivity index (χ1) is 7.15. The van der Waals surface area contributed by atoms with Gasteiger partial charge in [0.2, 0.25) is 5.78 Å². The number of carbonyl (C=O) groups is 1. The van der Waals surface area contributed by atoms with Crippen LogP contribution in [-0.2, 0) is 6.54 Å². The highest BCUT2D eigenvalue weighted by Gasteiger charge is 2.09. The molecule has 0 spiro atoms. The molecule has 0 aliphatic rings. The van der Waals surface area contributed by atoms with Gasteiger partial charge in [-0.1, -0.05) is 0 Å². The molecule has 7 nitrogen and oxygen atoms in total. The highest BCUT2D eigenvalue weighted by molar-refractivity contribution is 5.89. The molecule has 0 atom stereocenters. The third-order valence-corrected chi connectivity index (χ3v) is 1.71. The largest absolute Gasteiger partial charge is 0.437 e. The van der Waals surface area contributed by atoms with E-state index in [9.17, 15) is 4.79 Å². The number of hydrogen-bond donors (Lipinski definition) is 1. The molecule has 0 aliphatic heterocycles. The van der Waals surface area contributed by atoms with Crippen LogP contribution in [0.25, 0.3) is 0 Å². The second-order valence-electron chi connectivity index (χ2n) is 2.99. The lowest BCUT2D eigenvalue weighted by Crippen LogP contribution is -2.03. The van der Waals surface area contributed by atoms with Crippen molar-refractivity contribution in [3.8, 4) is 0 Å². The van der Waals surface area contributed by atoms with Crippen LogP contribution in [0.4, 0.5) is 5.82 Å². The Morgan fingerprint density at radius 1 is 1.60 bits per heavy atom. The van der Waals surface area contributed by atoms with Gasteiger partial charge in [0, 0.05) is 6.92 Å². The second kappa shape index (κ2) is 3.52. The van der Waals surface area contributed by atoms with Gasteiger partial charge >= 0.3 is 0 Å². The minimum atomic E-state index is -0.214. The van der Waals surface area contributed by atoms with Crippen LogP contribution in [0.1, 0.15) is 23.4 Å². The highest BCUT2D eigenvalue weighted by atomic mass is 16.4. The zero-order valence-electron chi connectivity index (χ0n) is 8.04. The van der Waals surface area contributed by atoms with Crippen LogP contribution in [0.15, 0.2) is 16.8 Å². The minimum Gasteiger partial charge on any atom is -0.437 e. The van der Waals surface area contributed by atoms with E-state index in [-0.39, 0.29) is 11.7 Å². The Morgan fingerprint density at radius 2 is 2.40 bits per heavy atom. The van der Waals surface area contributed by atoms with Crippen molar-refractivity contribution in [1.82, 2.24) is 20.0 Å². The summed E-state index contributed by atoms with van der Waals surface area (Å²) in [5, 5.41) is 7.74. The SMILES string of the molecule is CC(=O)c1ncc(Cn2ncc(N)n2)o1. The van der Waals surface area contributed by atoms with Crippen LogP contribution in [0.3, 0.4) is 0 Å². The first kappa shape index (κ1) is 9.38. The summed E-state index contributed by atoms with van der Waals surface area (Å²) in [7, 11) is 0. The van der Waals surface area contributed by atoms with E-state index in [0.717, 1.165) is 0 Å². The van der Waals surface area contributed by atoms with Crippen molar-refractivity contribution in [1.29, 1.82) is 0 Å². The Hall–Kier alpha value is -2.18. The monoisotopic (exact) mass is 207 g/mol. The maximum atomic E-state index is 10.9. The molecule has 0 amide bonds. The summed E-state index contributed by atoms with van der Waals surface area (Å²) in [6.07, 6.45) is 2.90. The van der Waals surface area contributed by atoms with E-state index in [4.69, 9.17) is 10.2 Å². The molecule has 2 aromatic heterocycles. The molecule has 0 saturated heterocycles. The van der Waals surface area contributed by atoms with Crippen molar-refractivity contribution in [3.63, 3.8) is 0 Å². The smallest absolute Gasteiger partial charge is 0.263 e. The molecule has 78 valence electrons. The Morgan fingerprint density at radius 3 is 2.93 bits per heavy atom. The molecule has 7 heteroatoms. The molecule has 2 N–H and O–H groups in total. The molecule has 0 radical (unpaired) electrons. The standard InChI is InChI=1S/C8H9N5O2/c1-5(14)8-10-2-6(15-8)4-13-11-3-7(9)12-13/h2-3H,4H2,1H3,(H2,9,12). The van der Waals surface area contributed by atoms with E-state index in [1.807, 2.05) is 0 Å². The average molecular weight is 207 g/mol. The van der Waals surface area contributed by atoms with Crippen LogP contribution in [-0.4, -0.2) is 25.8 Å². The minimum absolute atomic E-state index is 0.0881. The molecule has 2 heterocycles. The topological polar surface area (TPSA) is 99.8 Å². The first-order valence-electron chi connectivity index (χ1n) is 4.26. The number of nitrogens with two attached hydrogens (primary N) is 1. The molecule has 0 aliphatic carbocycles. The molecule has 0 saturated carbocycles. The van der Waals surface area contributed by atoms with E-state index < -0.39 is 0 Å². The number of Topliss-reactive ketones (excluding diaryl/α,β-unsaturated/α-hetero) is 1. The molecule has 0 aromatic carbocycles. The number of hydrogen-bond acceptors (Lipinski definition) is 6. The zero-order chi connectivity index (χ0) is 10.8. The number of nitrogens with zero attached hydrogens (tertiary/aromatic N) is 4. The summed E-state index contributed by atoms with van der Waals surface area (Å²) >= 11 is 0. The third-order valence-electron chi connectivity index (χ3n) is 1.71. The fourth-order valence-electron chi connectivity index (χ4n) is 1.07. The van der Waals surface area contributed by atoms with Crippen molar-refractivity contribution >= 4 is 11.6 Å². The number of ketones is 1. The van der Waals surface area contributed by atoms with Gasteiger partial charge in [-0.05, 0) is 0 Å². The van der Waals surface area contributed by atoms with Gasteiger partial charge in [-0.25, -0.2) is 4.98 Å². The lowest BCUT2D eigenvalue weighted by atomic mass is 10.5. The van der Waals surface area contributed by atoms with Crippen LogP contribution in [0, 0.1) is 0 Å². The second-order valence-corrected chi connectivity index (χ2v) is 2.99. The van der Waals surface area contributed by atoms with Gasteiger partial charge in [-0.15, -0.1) is 5.10 Å². The molecule has 0 bridgehead atoms. The summed E-state index contributed by atoms with van der Waals surface area (Å²) in [6, 6.07) is 0. The van der Waals surface area contributed by atoms with Crippen molar-refractivity contribution in [3.05, 3.63) is 24.0 Å². The van der Waals surface area contributed by atoms with E-state index in [2.05, 4.69) is 15.2 Å². The summed E-state index contributed by atoms with van der Waals surface area (Å²) in [4.78, 5) is 16.1. The van der Waals surface area contributed by atoms with E-state index in [1.165, 1.54) is 24.1 Å². The Kier molecular flexibility index (Phi) is 2.20. The van der Waals surface area contributed by atoms with Gasteiger partial charge in [-0.3, -0.25) is 4.79 Å². The quantitative estimate of drug-likeness (QED) is 0.716. The van der Waals surface area contributed by atoms with E-state index in [0.29, 0.717) is 18.1 Å². The Balaban J connectivity index is 2.14. The number of oxazole rings is 1. The van der Waals surface area contributed by atoms with Crippen molar-refractivity contribution < 1.29 is 9.21 Å². The van der Waals surface area contributed by atoms with Crippen LogP contribution in [0.5, 0.6) is 0 Å². The average Bonchev–Trinajstić information content (AvgIpc) is 2.76. The van der Waals surface area contributed by atoms with Crippen LogP contribution >= 0.6 is 0 Å². The molecular formula is C8H9N5O2. The van der Waals surface area contributed by atoms with Crippen molar-refractivity contribution in [2.75, 3.05) is 5.73 Å². The lowest BCUT2D eigenvalue weighted by molar-refractivity contribution is 0.0978. The summed E-state index contributed by atoms with van der Waals surface area (Å²) in [5.41, 5.74) is 5.39. The maximum absolute atomic E-state index is 10.9. The van der Waals surface area contributed by atoms with Gasteiger partial charge < -0.3 is 10.2 Å². The van der Waals surface area contributed by atoms with Gasteiger partial charge in [0.1, 0.15) is 12.3 Å². The summed E-state index contributed by atoms with van der Waals surface area (Å²) in [6.45, 7) is 1.69. The molecule has 0 fully saturated rings. The molecule has 2 aromatic rings. The fraction of sp³-hybridized carbons (Fsp3) is 0.250. The number of rotatable bonds is 3.